The van der Waals surface area contributed by atoms with Gasteiger partial charge < -0.3 is 15.4 Å². The van der Waals surface area contributed by atoms with Crippen LogP contribution in [0.1, 0.15) is 55.8 Å². The van der Waals surface area contributed by atoms with Crippen LogP contribution in [0.2, 0.25) is 0 Å². The van der Waals surface area contributed by atoms with E-state index in [1.165, 1.54) is 5.56 Å². The molecule has 10 nitrogen and oxygen atoms in total. The van der Waals surface area contributed by atoms with Crippen LogP contribution in [-0.2, 0) is 18.4 Å². The number of aromatic nitrogens is 5. The van der Waals surface area contributed by atoms with Crippen LogP contribution in [0.3, 0.4) is 0 Å². The van der Waals surface area contributed by atoms with Gasteiger partial charge in [-0.05, 0) is 73.4 Å². The molecule has 0 aliphatic rings. The van der Waals surface area contributed by atoms with Crippen molar-refractivity contribution in [2.45, 2.75) is 60.0 Å². The van der Waals surface area contributed by atoms with Crippen molar-refractivity contribution < 1.29 is 9.53 Å². The number of rotatable bonds is 9. The van der Waals surface area contributed by atoms with E-state index >= 15 is 0 Å². The molecule has 0 saturated heterocycles. The molecule has 0 fully saturated rings. The number of urea groups is 1. The van der Waals surface area contributed by atoms with E-state index in [2.05, 4.69) is 77.7 Å². The third-order valence-corrected chi connectivity index (χ3v) is 8.11. The van der Waals surface area contributed by atoms with Crippen LogP contribution in [0.4, 0.5) is 27.9 Å². The van der Waals surface area contributed by atoms with Crippen LogP contribution in [0, 0.1) is 13.8 Å². The van der Waals surface area contributed by atoms with Crippen LogP contribution in [-0.4, -0.2) is 30.8 Å². The number of hydrogen-bond acceptors (Lipinski definition) is 7. The van der Waals surface area contributed by atoms with E-state index < -0.39 is 0 Å². The van der Waals surface area contributed by atoms with Gasteiger partial charge in [0.2, 0.25) is 0 Å². The number of carbonyl (C=O) groups excluding carboxylic acids is 1. The lowest BCUT2D eigenvalue weighted by Gasteiger charge is -2.15. The van der Waals surface area contributed by atoms with Gasteiger partial charge in [0.05, 0.1) is 29.0 Å². The average molecular weight is 641 g/mol. The van der Waals surface area contributed by atoms with Crippen molar-refractivity contribution in [1.82, 2.24) is 24.7 Å². The van der Waals surface area contributed by atoms with Gasteiger partial charge in [-0.15, -0.1) is 0 Å². The summed E-state index contributed by atoms with van der Waals surface area (Å²) in [5, 5.41) is 15.9. The summed E-state index contributed by atoms with van der Waals surface area (Å²) < 4.78 is 8.09. The first kappa shape index (κ1) is 32.2. The van der Waals surface area contributed by atoms with Crippen LogP contribution in [0.15, 0.2) is 91.4 Å². The number of pyridine rings is 1. The highest BCUT2D eigenvalue weighted by atomic mass is 16.5. The Morgan fingerprint density at radius 3 is 2.46 bits per heavy atom. The van der Waals surface area contributed by atoms with Gasteiger partial charge in [0.15, 0.2) is 0 Å². The summed E-state index contributed by atoms with van der Waals surface area (Å²) in [5.74, 6) is 2.58. The monoisotopic (exact) mass is 640 g/mol. The van der Waals surface area contributed by atoms with Crippen LogP contribution < -0.4 is 20.7 Å². The number of benzene rings is 3. The van der Waals surface area contributed by atoms with E-state index in [4.69, 9.17) is 9.84 Å². The zero-order valence-corrected chi connectivity index (χ0v) is 28.1. The van der Waals surface area contributed by atoms with Gasteiger partial charge in [-0.1, -0.05) is 58.0 Å². The summed E-state index contributed by atoms with van der Waals surface area (Å²) in [6, 6.07) is 23.1. The lowest BCUT2D eigenvalue weighted by Crippen LogP contribution is -2.21. The van der Waals surface area contributed by atoms with Gasteiger partial charge in [0.25, 0.3) is 0 Å². The summed E-state index contributed by atoms with van der Waals surface area (Å²) in [4.78, 5) is 26.7. The maximum Gasteiger partial charge on any atom is 0.324 e. The van der Waals surface area contributed by atoms with Gasteiger partial charge in [0.1, 0.15) is 29.8 Å². The molecule has 10 heteroatoms. The molecule has 3 aromatic heterocycles. The average Bonchev–Trinajstić information content (AvgIpc) is 3.50. The van der Waals surface area contributed by atoms with Crippen molar-refractivity contribution >= 4 is 39.9 Å². The first-order chi connectivity index (χ1) is 23.1. The van der Waals surface area contributed by atoms with E-state index in [1.807, 2.05) is 67.6 Å². The molecule has 3 aromatic carbocycles. The first-order valence-corrected chi connectivity index (χ1v) is 16.0. The molecular formula is C38H40N8O2. The molecular weight excluding hydrogens is 600 g/mol. The third kappa shape index (κ3) is 7.28. The fourth-order valence-electron chi connectivity index (χ4n) is 5.23. The lowest BCUT2D eigenvalue weighted by molar-refractivity contribution is 0.262. The number of anilines is 4. The number of aryl methyl sites for hydroxylation is 3. The summed E-state index contributed by atoms with van der Waals surface area (Å²) in [7, 11) is 0. The minimum absolute atomic E-state index is 0.201. The molecule has 0 saturated carbocycles. The molecule has 48 heavy (non-hydrogen) atoms. The van der Waals surface area contributed by atoms with E-state index in [9.17, 15) is 4.79 Å². The Hall–Kier alpha value is -5.77. The van der Waals surface area contributed by atoms with Crippen molar-refractivity contribution in [2.24, 2.45) is 0 Å². The van der Waals surface area contributed by atoms with Crippen molar-refractivity contribution in [3.05, 3.63) is 119 Å². The van der Waals surface area contributed by atoms with Crippen molar-refractivity contribution in [2.75, 3.05) is 16.0 Å². The summed E-state index contributed by atoms with van der Waals surface area (Å²) >= 11 is 0. The summed E-state index contributed by atoms with van der Waals surface area (Å²) in [6.07, 6.45) is 5.97. The number of ether oxygens (including phenoxy) is 1. The van der Waals surface area contributed by atoms with Gasteiger partial charge in [-0.2, -0.15) is 5.10 Å². The molecule has 2 amide bonds. The molecule has 0 aliphatic carbocycles. The van der Waals surface area contributed by atoms with Gasteiger partial charge in [0, 0.05) is 34.6 Å². The molecule has 0 unspecified atom stereocenters. The van der Waals surface area contributed by atoms with Crippen LogP contribution in [0.25, 0.3) is 16.5 Å². The Bertz CT molecular complexity index is 2100. The molecule has 0 atom stereocenters. The normalized spacial score (nSPS) is 11.4. The number of carbonyl (C=O) groups is 1. The second kappa shape index (κ2) is 13.5. The standard InChI is InChI=1S/C38H40N8O2/c1-7-27-21-39-22-35(41-27)43-34-19-26(16-17-40-34)23-48-32-15-14-31(29-10-8-9-11-30(29)32)42-37(47)44-36-20-33(38(4,5)6)45-46(36)28-13-12-24(2)25(3)18-28/h8-22H,7,23H2,1-6H3,(H,40,41,43)(H2,42,44,47). The quantitative estimate of drug-likeness (QED) is 0.145. The predicted molar refractivity (Wildman–Crippen MR) is 192 cm³/mol. The van der Waals surface area contributed by atoms with Gasteiger partial charge in [-0.25, -0.2) is 19.4 Å². The zero-order chi connectivity index (χ0) is 33.8. The molecule has 244 valence electrons. The lowest BCUT2D eigenvalue weighted by atomic mass is 9.92. The Morgan fingerprint density at radius 2 is 1.69 bits per heavy atom. The maximum atomic E-state index is 13.5. The highest BCUT2D eigenvalue weighted by Crippen LogP contribution is 2.33. The molecule has 6 rings (SSSR count). The van der Waals surface area contributed by atoms with E-state index in [-0.39, 0.29) is 11.4 Å². The van der Waals surface area contributed by atoms with E-state index in [0.717, 1.165) is 45.4 Å². The van der Waals surface area contributed by atoms with Crippen molar-refractivity contribution in [3.8, 4) is 11.4 Å². The Balaban J connectivity index is 1.19. The zero-order valence-electron chi connectivity index (χ0n) is 28.1. The number of nitrogens with one attached hydrogen (secondary N) is 3. The Morgan fingerprint density at radius 1 is 0.875 bits per heavy atom. The number of nitrogens with zero attached hydrogens (tertiary/aromatic N) is 5. The largest absolute Gasteiger partial charge is 0.488 e. The topological polar surface area (TPSA) is 119 Å². The highest BCUT2D eigenvalue weighted by Gasteiger charge is 2.22. The van der Waals surface area contributed by atoms with Crippen molar-refractivity contribution in [3.63, 3.8) is 0 Å². The van der Waals surface area contributed by atoms with Crippen LogP contribution >= 0.6 is 0 Å². The van der Waals surface area contributed by atoms with E-state index in [1.54, 1.807) is 23.3 Å². The molecule has 0 radical (unpaired) electrons. The number of hydrogen-bond donors (Lipinski definition) is 3. The first-order valence-electron chi connectivity index (χ1n) is 16.0. The predicted octanol–water partition coefficient (Wildman–Crippen LogP) is 8.65. The second-order valence-corrected chi connectivity index (χ2v) is 12.8. The Kier molecular flexibility index (Phi) is 9.07. The molecule has 0 aliphatic heterocycles. The number of amides is 2. The summed E-state index contributed by atoms with van der Waals surface area (Å²) in [5.41, 5.74) is 6.40. The van der Waals surface area contributed by atoms with Gasteiger partial charge >= 0.3 is 6.03 Å². The maximum absolute atomic E-state index is 13.5. The fourth-order valence-corrected chi connectivity index (χ4v) is 5.23. The molecule has 0 spiro atoms. The SMILES string of the molecule is CCc1cncc(Nc2cc(COc3ccc(NC(=O)Nc4cc(C(C)(C)C)nn4-c4ccc(C)c(C)c4)c4ccccc34)ccn2)n1. The van der Waals surface area contributed by atoms with Gasteiger partial charge in [-0.3, -0.25) is 10.3 Å². The highest BCUT2D eigenvalue weighted by molar-refractivity contribution is 6.07. The van der Waals surface area contributed by atoms with Crippen molar-refractivity contribution in [1.29, 1.82) is 0 Å². The molecule has 3 N–H and O–H groups in total. The minimum atomic E-state index is -0.370. The van der Waals surface area contributed by atoms with Crippen LogP contribution in [0.5, 0.6) is 5.75 Å². The second-order valence-electron chi connectivity index (χ2n) is 12.8. The Labute approximate surface area is 280 Å². The third-order valence-electron chi connectivity index (χ3n) is 8.11. The number of fused-ring (bicyclic) bond motifs is 1. The molecule has 3 heterocycles. The molecule has 0 bridgehead atoms. The summed E-state index contributed by atoms with van der Waals surface area (Å²) in [6.45, 7) is 12.8. The molecule has 6 aromatic rings. The smallest absolute Gasteiger partial charge is 0.324 e. The fraction of sp³-hybridized carbons (Fsp3) is 0.237. The minimum Gasteiger partial charge on any atom is -0.488 e. The van der Waals surface area contributed by atoms with E-state index in [0.29, 0.717) is 35.5 Å².